The summed E-state index contributed by atoms with van der Waals surface area (Å²) in [6, 6.07) is 14.5. The minimum Gasteiger partial charge on any atom is -0.392 e. The largest absolute Gasteiger partial charge is 0.392 e. The molecule has 3 nitrogen and oxygen atoms in total. The zero-order valence-corrected chi connectivity index (χ0v) is 18.6. The van der Waals surface area contributed by atoms with E-state index in [4.69, 9.17) is 0 Å². The van der Waals surface area contributed by atoms with E-state index in [-0.39, 0.29) is 13.2 Å². The fourth-order valence-corrected chi connectivity index (χ4v) is 3.60. The molecule has 0 unspecified atom stereocenters. The second kappa shape index (κ2) is 11.8. The molecule has 0 aliphatic carbocycles. The normalized spacial score (nSPS) is 12.7. The van der Waals surface area contributed by atoms with Crippen molar-refractivity contribution in [3.05, 3.63) is 88.5 Å². The molecule has 2 aromatic rings. The van der Waals surface area contributed by atoms with Crippen molar-refractivity contribution in [3.8, 4) is 0 Å². The van der Waals surface area contributed by atoms with Gasteiger partial charge in [0.2, 0.25) is 0 Å². The summed E-state index contributed by atoms with van der Waals surface area (Å²) in [7, 11) is 0. The summed E-state index contributed by atoms with van der Waals surface area (Å²) < 4.78 is 0. The summed E-state index contributed by atoms with van der Waals surface area (Å²) in [5.74, 6) is 0. The number of aliphatic hydroxyl groups is 3. The van der Waals surface area contributed by atoms with E-state index in [1.165, 1.54) is 16.7 Å². The van der Waals surface area contributed by atoms with E-state index < -0.39 is 5.60 Å². The van der Waals surface area contributed by atoms with Gasteiger partial charge >= 0.3 is 0 Å². The summed E-state index contributed by atoms with van der Waals surface area (Å²) in [4.78, 5) is 0. The molecule has 3 N–H and O–H groups in total. The van der Waals surface area contributed by atoms with E-state index in [9.17, 15) is 15.3 Å². The molecule has 162 valence electrons. The van der Waals surface area contributed by atoms with Crippen LogP contribution in [0.15, 0.2) is 60.7 Å². The Labute approximate surface area is 181 Å². The van der Waals surface area contributed by atoms with Crippen LogP contribution in [-0.2, 0) is 26.1 Å². The third-order valence-electron chi connectivity index (χ3n) is 5.92. The van der Waals surface area contributed by atoms with Crippen LogP contribution in [0, 0.1) is 0 Å². The average molecular weight is 409 g/mol. The Morgan fingerprint density at radius 2 is 1.53 bits per heavy atom. The first-order valence-corrected chi connectivity index (χ1v) is 11.0. The van der Waals surface area contributed by atoms with E-state index in [2.05, 4.69) is 37.3 Å². The quantitative estimate of drug-likeness (QED) is 0.439. The van der Waals surface area contributed by atoms with Crippen molar-refractivity contribution in [2.75, 3.05) is 0 Å². The van der Waals surface area contributed by atoms with Gasteiger partial charge in [-0.15, -0.1) is 0 Å². The van der Waals surface area contributed by atoms with Gasteiger partial charge in [0.1, 0.15) is 0 Å². The molecule has 0 bridgehead atoms. The van der Waals surface area contributed by atoms with Gasteiger partial charge < -0.3 is 15.3 Å². The Kier molecular flexibility index (Phi) is 9.51. The van der Waals surface area contributed by atoms with Crippen LogP contribution in [-0.4, -0.2) is 20.9 Å². The molecule has 0 aliphatic rings. The smallest absolute Gasteiger partial charge is 0.0825 e. The molecule has 0 heterocycles. The van der Waals surface area contributed by atoms with Crippen LogP contribution >= 0.6 is 0 Å². The molecule has 0 radical (unpaired) electrons. The molecule has 0 spiro atoms. The van der Waals surface area contributed by atoms with Gasteiger partial charge in [-0.2, -0.15) is 0 Å². The number of allylic oxidation sites excluding steroid dienone is 3. The van der Waals surface area contributed by atoms with Crippen LogP contribution in [0.25, 0.3) is 5.57 Å². The number of rotatable bonds is 11. The predicted molar refractivity (Wildman–Crippen MR) is 125 cm³/mol. The number of aryl methyl sites for hydroxylation is 2. The topological polar surface area (TPSA) is 60.7 Å². The van der Waals surface area contributed by atoms with Crippen molar-refractivity contribution in [3.63, 3.8) is 0 Å². The minimum atomic E-state index is -0.726. The molecule has 3 heteroatoms. The summed E-state index contributed by atoms with van der Waals surface area (Å²) in [6.07, 6.45) is 10.1. The lowest BCUT2D eigenvalue weighted by atomic mass is 9.95. The predicted octanol–water partition coefficient (Wildman–Crippen LogP) is 5.36. The van der Waals surface area contributed by atoms with Crippen LogP contribution in [0.1, 0.15) is 67.9 Å². The third-order valence-corrected chi connectivity index (χ3v) is 5.92. The summed E-state index contributed by atoms with van der Waals surface area (Å²) in [5.41, 5.74) is 5.75. The second-order valence-electron chi connectivity index (χ2n) is 7.83. The van der Waals surface area contributed by atoms with Crippen molar-refractivity contribution in [1.82, 2.24) is 0 Å². The molecular weight excluding hydrogens is 372 g/mol. The molecule has 0 aliphatic heterocycles. The molecule has 0 saturated heterocycles. The Bertz CT molecular complexity index is 860. The average Bonchev–Trinajstić information content (AvgIpc) is 2.80. The van der Waals surface area contributed by atoms with Crippen molar-refractivity contribution in [1.29, 1.82) is 0 Å². The molecule has 0 aromatic heterocycles. The highest BCUT2D eigenvalue weighted by Crippen LogP contribution is 2.22. The molecule has 0 saturated carbocycles. The Morgan fingerprint density at radius 3 is 2.13 bits per heavy atom. The monoisotopic (exact) mass is 408 g/mol. The standard InChI is InChI=1S/C27H36O3/c1-4-23(11-8-16-27(30,5-2)6-3)24-10-7-9-21(17-24)12-13-22-14-15-25(19-28)26(18-22)20-29/h7-11,14-18,28-30H,4-6,12-13,19-20H2,1-3H3/b16-8+,23-11-. The summed E-state index contributed by atoms with van der Waals surface area (Å²) >= 11 is 0. The van der Waals surface area contributed by atoms with E-state index in [1.807, 2.05) is 44.2 Å². The molecule has 0 fully saturated rings. The molecular formula is C27H36O3. The van der Waals surface area contributed by atoms with Crippen molar-refractivity contribution in [2.45, 2.75) is 71.7 Å². The lowest BCUT2D eigenvalue weighted by Crippen LogP contribution is -2.22. The van der Waals surface area contributed by atoms with Gasteiger partial charge in [0.05, 0.1) is 18.8 Å². The first-order valence-electron chi connectivity index (χ1n) is 11.0. The number of benzene rings is 2. The SMILES string of the molecule is CC/C(=C/C=C/C(O)(CC)CC)c1cccc(CCc2ccc(CO)c(CO)c2)c1. The number of hydrogen-bond donors (Lipinski definition) is 3. The van der Waals surface area contributed by atoms with Gasteiger partial charge in [-0.25, -0.2) is 0 Å². The first kappa shape index (κ1) is 24.1. The fourth-order valence-electron chi connectivity index (χ4n) is 3.60. The molecule has 0 amide bonds. The lowest BCUT2D eigenvalue weighted by Gasteiger charge is -2.20. The highest BCUT2D eigenvalue weighted by molar-refractivity contribution is 5.67. The van der Waals surface area contributed by atoms with Crippen molar-refractivity contribution < 1.29 is 15.3 Å². The third kappa shape index (κ3) is 6.66. The van der Waals surface area contributed by atoms with Gasteiger partial charge in [-0.3, -0.25) is 0 Å². The molecule has 0 atom stereocenters. The zero-order valence-electron chi connectivity index (χ0n) is 18.6. The van der Waals surface area contributed by atoms with E-state index in [0.717, 1.165) is 36.0 Å². The maximum atomic E-state index is 10.4. The van der Waals surface area contributed by atoms with Crippen LogP contribution < -0.4 is 0 Å². The van der Waals surface area contributed by atoms with Crippen LogP contribution in [0.4, 0.5) is 0 Å². The van der Waals surface area contributed by atoms with Crippen LogP contribution in [0.3, 0.4) is 0 Å². The Hall–Kier alpha value is -2.20. The molecule has 2 aromatic carbocycles. The number of aliphatic hydroxyl groups excluding tert-OH is 2. The maximum Gasteiger partial charge on any atom is 0.0825 e. The highest BCUT2D eigenvalue weighted by atomic mass is 16.3. The van der Waals surface area contributed by atoms with E-state index >= 15 is 0 Å². The molecule has 2 rings (SSSR count). The van der Waals surface area contributed by atoms with Crippen molar-refractivity contribution >= 4 is 5.57 Å². The van der Waals surface area contributed by atoms with Gasteiger partial charge in [-0.05, 0) is 65.5 Å². The van der Waals surface area contributed by atoms with Gasteiger partial charge in [-0.1, -0.05) is 81.5 Å². The van der Waals surface area contributed by atoms with Gasteiger partial charge in [0, 0.05) is 0 Å². The van der Waals surface area contributed by atoms with Crippen molar-refractivity contribution in [2.24, 2.45) is 0 Å². The Morgan fingerprint density at radius 1 is 0.867 bits per heavy atom. The first-order chi connectivity index (χ1) is 14.5. The van der Waals surface area contributed by atoms with Gasteiger partial charge in [0.25, 0.3) is 0 Å². The highest BCUT2D eigenvalue weighted by Gasteiger charge is 2.16. The summed E-state index contributed by atoms with van der Waals surface area (Å²) in [6.45, 7) is 6.05. The summed E-state index contributed by atoms with van der Waals surface area (Å²) in [5, 5.41) is 29.3. The maximum absolute atomic E-state index is 10.4. The van der Waals surface area contributed by atoms with Gasteiger partial charge in [0.15, 0.2) is 0 Å². The van der Waals surface area contributed by atoms with Crippen LogP contribution in [0.2, 0.25) is 0 Å². The minimum absolute atomic E-state index is 0.0489. The van der Waals surface area contributed by atoms with Crippen LogP contribution in [0.5, 0.6) is 0 Å². The number of hydrogen-bond acceptors (Lipinski definition) is 3. The zero-order chi connectivity index (χ0) is 22.0. The molecule has 30 heavy (non-hydrogen) atoms. The van der Waals surface area contributed by atoms with E-state index in [1.54, 1.807) is 0 Å². The Balaban J connectivity index is 2.13. The van der Waals surface area contributed by atoms with E-state index in [0.29, 0.717) is 12.8 Å². The lowest BCUT2D eigenvalue weighted by molar-refractivity contribution is 0.0828. The second-order valence-corrected chi connectivity index (χ2v) is 7.83. The fraction of sp³-hybridized carbons (Fsp3) is 0.407.